The SMILES string of the molecule is COCC(=O)O[C@]1(C(C)=O)CC[C@H]2[C@@H]3CCC4=CC(=O)CC[C@]4(C)[C@H]3[C@@H](O)C[C@@]21C. The predicted octanol–water partition coefficient (Wildman–Crippen LogP) is 3.01. The standard InChI is InChI=1S/C24H34O6/c1-14(25)24(30-20(28)13-29-4)10-8-18-17-6-5-15-11-16(26)7-9-22(15,2)21(17)19(27)12-23(18,24)3/h11,17-19,21,27H,5-10,12-13H2,1-4H3/t17-,18-,19-,21+,22-,23-,24-/m0/s1. The van der Waals surface area contributed by atoms with Crippen LogP contribution in [0.5, 0.6) is 0 Å². The van der Waals surface area contributed by atoms with Gasteiger partial charge in [0.05, 0.1) is 6.10 Å². The average Bonchev–Trinajstić information content (AvgIpc) is 2.95. The van der Waals surface area contributed by atoms with Crippen molar-refractivity contribution in [3.05, 3.63) is 11.6 Å². The number of fused-ring (bicyclic) bond motifs is 5. The minimum absolute atomic E-state index is 0.0705. The number of ketones is 2. The van der Waals surface area contributed by atoms with Crippen molar-refractivity contribution in [2.24, 2.45) is 28.6 Å². The smallest absolute Gasteiger partial charge is 0.333 e. The van der Waals surface area contributed by atoms with Crippen LogP contribution in [-0.2, 0) is 23.9 Å². The van der Waals surface area contributed by atoms with E-state index in [-0.39, 0.29) is 41.3 Å². The second-order valence-corrected chi connectivity index (χ2v) is 10.4. The van der Waals surface area contributed by atoms with E-state index < -0.39 is 23.1 Å². The first-order valence-corrected chi connectivity index (χ1v) is 11.2. The normalized spacial score (nSPS) is 45.1. The number of carbonyl (C=O) groups excluding carboxylic acids is 3. The molecular weight excluding hydrogens is 384 g/mol. The summed E-state index contributed by atoms with van der Waals surface area (Å²) >= 11 is 0. The van der Waals surface area contributed by atoms with Gasteiger partial charge in [0.25, 0.3) is 0 Å². The number of ether oxygens (including phenoxy) is 2. The second kappa shape index (κ2) is 7.27. The molecule has 0 bridgehead atoms. The Balaban J connectivity index is 1.71. The molecule has 30 heavy (non-hydrogen) atoms. The number of Topliss-reactive ketones (excluding diaryl/α,β-unsaturated/α-hetero) is 1. The molecule has 0 unspecified atom stereocenters. The Kier molecular flexibility index (Phi) is 5.25. The lowest BCUT2D eigenvalue weighted by Crippen LogP contribution is -2.62. The van der Waals surface area contributed by atoms with Crippen LogP contribution in [0.25, 0.3) is 0 Å². The summed E-state index contributed by atoms with van der Waals surface area (Å²) in [4.78, 5) is 37.3. The lowest BCUT2D eigenvalue weighted by atomic mass is 9.45. The maximum atomic E-state index is 12.9. The molecule has 0 aromatic carbocycles. The summed E-state index contributed by atoms with van der Waals surface area (Å²) in [5, 5.41) is 11.4. The average molecular weight is 419 g/mol. The molecule has 1 N–H and O–H groups in total. The molecule has 4 aliphatic carbocycles. The van der Waals surface area contributed by atoms with E-state index in [0.717, 1.165) is 25.7 Å². The molecule has 4 rings (SSSR count). The number of hydrogen-bond acceptors (Lipinski definition) is 6. The van der Waals surface area contributed by atoms with Gasteiger partial charge < -0.3 is 14.6 Å². The first-order chi connectivity index (χ1) is 14.1. The molecule has 3 saturated carbocycles. The second-order valence-electron chi connectivity index (χ2n) is 10.4. The molecule has 0 aliphatic heterocycles. The minimum Gasteiger partial charge on any atom is -0.449 e. The molecule has 0 aromatic heterocycles. The van der Waals surface area contributed by atoms with E-state index in [1.54, 1.807) is 0 Å². The van der Waals surface area contributed by atoms with Gasteiger partial charge in [0.1, 0.15) is 6.61 Å². The van der Waals surface area contributed by atoms with Crippen LogP contribution in [0, 0.1) is 28.6 Å². The topological polar surface area (TPSA) is 89.9 Å². The summed E-state index contributed by atoms with van der Waals surface area (Å²) in [6, 6.07) is 0. The van der Waals surface area contributed by atoms with Gasteiger partial charge in [0, 0.05) is 18.9 Å². The van der Waals surface area contributed by atoms with Gasteiger partial charge in [0.15, 0.2) is 17.2 Å². The Morgan fingerprint density at radius 2 is 1.93 bits per heavy atom. The largest absolute Gasteiger partial charge is 0.449 e. The van der Waals surface area contributed by atoms with E-state index in [0.29, 0.717) is 19.3 Å². The van der Waals surface area contributed by atoms with Crippen molar-refractivity contribution < 1.29 is 29.0 Å². The highest BCUT2D eigenvalue weighted by atomic mass is 16.6. The van der Waals surface area contributed by atoms with Gasteiger partial charge in [-0.25, -0.2) is 4.79 Å². The van der Waals surface area contributed by atoms with E-state index in [1.807, 2.05) is 13.0 Å². The van der Waals surface area contributed by atoms with Crippen molar-refractivity contribution in [1.82, 2.24) is 0 Å². The highest BCUT2D eigenvalue weighted by Crippen LogP contribution is 2.68. The highest BCUT2D eigenvalue weighted by molar-refractivity contribution is 5.92. The molecule has 166 valence electrons. The van der Waals surface area contributed by atoms with Crippen molar-refractivity contribution >= 4 is 17.5 Å². The van der Waals surface area contributed by atoms with Crippen molar-refractivity contribution in [2.75, 3.05) is 13.7 Å². The molecule has 0 spiro atoms. The maximum absolute atomic E-state index is 12.9. The fourth-order valence-corrected chi connectivity index (χ4v) is 7.83. The number of aliphatic hydroxyl groups excluding tert-OH is 1. The first-order valence-electron chi connectivity index (χ1n) is 11.2. The number of rotatable bonds is 4. The van der Waals surface area contributed by atoms with Crippen LogP contribution >= 0.6 is 0 Å². The summed E-state index contributed by atoms with van der Waals surface area (Å²) in [5.41, 5.74) is -0.805. The molecule has 6 heteroatoms. The Hall–Kier alpha value is -1.53. The molecular formula is C24H34O6. The molecule has 4 aliphatic rings. The molecule has 0 aromatic rings. The van der Waals surface area contributed by atoms with Gasteiger partial charge in [-0.3, -0.25) is 9.59 Å². The monoisotopic (exact) mass is 418 g/mol. The quantitative estimate of drug-likeness (QED) is 0.706. The van der Waals surface area contributed by atoms with Crippen LogP contribution in [0.2, 0.25) is 0 Å². The van der Waals surface area contributed by atoms with Crippen molar-refractivity contribution in [3.63, 3.8) is 0 Å². The summed E-state index contributed by atoms with van der Waals surface area (Å²) in [5.74, 6) is 0.0302. The number of allylic oxidation sites excluding steroid dienone is 1. The van der Waals surface area contributed by atoms with Crippen LogP contribution in [0.3, 0.4) is 0 Å². The summed E-state index contributed by atoms with van der Waals surface area (Å²) in [6.07, 6.45) is 6.01. The minimum atomic E-state index is -1.21. The van der Waals surface area contributed by atoms with Crippen LogP contribution in [0.15, 0.2) is 11.6 Å². The predicted molar refractivity (Wildman–Crippen MR) is 109 cm³/mol. The third-order valence-electron chi connectivity index (χ3n) is 9.14. The van der Waals surface area contributed by atoms with Gasteiger partial charge in [0.2, 0.25) is 0 Å². The Morgan fingerprint density at radius 3 is 2.60 bits per heavy atom. The molecule has 6 nitrogen and oxygen atoms in total. The van der Waals surface area contributed by atoms with E-state index in [9.17, 15) is 19.5 Å². The van der Waals surface area contributed by atoms with Crippen molar-refractivity contribution in [3.8, 4) is 0 Å². The van der Waals surface area contributed by atoms with E-state index in [1.165, 1.54) is 19.6 Å². The lowest BCUT2D eigenvalue weighted by molar-refractivity contribution is -0.202. The molecule has 0 heterocycles. The van der Waals surface area contributed by atoms with Gasteiger partial charge in [-0.15, -0.1) is 0 Å². The lowest BCUT2D eigenvalue weighted by Gasteiger charge is -2.60. The van der Waals surface area contributed by atoms with Gasteiger partial charge in [-0.05, 0) is 74.7 Å². The first kappa shape index (κ1) is 21.7. The number of hydrogen-bond donors (Lipinski definition) is 1. The van der Waals surface area contributed by atoms with E-state index in [4.69, 9.17) is 9.47 Å². The molecule has 0 amide bonds. The zero-order chi connectivity index (χ0) is 21.9. The third-order valence-corrected chi connectivity index (χ3v) is 9.14. The highest BCUT2D eigenvalue weighted by Gasteiger charge is 2.69. The number of carbonyl (C=O) groups is 3. The zero-order valence-corrected chi connectivity index (χ0v) is 18.5. The summed E-state index contributed by atoms with van der Waals surface area (Å²) < 4.78 is 10.8. The summed E-state index contributed by atoms with van der Waals surface area (Å²) in [6.45, 7) is 5.55. The zero-order valence-electron chi connectivity index (χ0n) is 18.5. The Bertz CT molecular complexity index is 802. The Morgan fingerprint density at radius 1 is 1.20 bits per heavy atom. The molecule has 7 atom stereocenters. The van der Waals surface area contributed by atoms with Crippen LogP contribution < -0.4 is 0 Å². The number of aliphatic hydroxyl groups is 1. The van der Waals surface area contributed by atoms with Crippen LogP contribution in [0.4, 0.5) is 0 Å². The van der Waals surface area contributed by atoms with Gasteiger partial charge >= 0.3 is 5.97 Å². The van der Waals surface area contributed by atoms with E-state index >= 15 is 0 Å². The fourth-order valence-electron chi connectivity index (χ4n) is 7.83. The molecule has 0 radical (unpaired) electrons. The third kappa shape index (κ3) is 2.86. The van der Waals surface area contributed by atoms with Crippen molar-refractivity contribution in [2.45, 2.75) is 77.4 Å². The Labute approximate surface area is 178 Å². The molecule has 0 saturated heterocycles. The fraction of sp³-hybridized carbons (Fsp3) is 0.792. The number of esters is 1. The maximum Gasteiger partial charge on any atom is 0.333 e. The van der Waals surface area contributed by atoms with Gasteiger partial charge in [-0.2, -0.15) is 0 Å². The summed E-state index contributed by atoms with van der Waals surface area (Å²) in [7, 11) is 1.43. The van der Waals surface area contributed by atoms with Crippen LogP contribution in [-0.4, -0.2) is 48.1 Å². The molecule has 3 fully saturated rings. The van der Waals surface area contributed by atoms with Gasteiger partial charge in [-0.1, -0.05) is 19.4 Å². The van der Waals surface area contributed by atoms with Crippen LogP contribution in [0.1, 0.15) is 65.7 Å². The van der Waals surface area contributed by atoms with Crippen molar-refractivity contribution in [1.29, 1.82) is 0 Å². The number of methoxy groups -OCH3 is 1. The van der Waals surface area contributed by atoms with E-state index in [2.05, 4.69) is 6.92 Å².